The van der Waals surface area contributed by atoms with E-state index in [1.807, 2.05) is 25.1 Å². The molecule has 0 saturated carbocycles. The van der Waals surface area contributed by atoms with E-state index < -0.39 is 6.10 Å². The summed E-state index contributed by atoms with van der Waals surface area (Å²) in [6.45, 7) is 4.03. The molecule has 1 aliphatic rings. The highest BCUT2D eigenvalue weighted by Crippen LogP contribution is 2.34. The number of nitrogens with one attached hydrogen (secondary N) is 2. The number of benzene rings is 1. The average Bonchev–Trinajstić information content (AvgIpc) is 2.81. The Morgan fingerprint density at radius 3 is 2.95 bits per heavy atom. The highest BCUT2D eigenvalue weighted by molar-refractivity contribution is 5.98. The summed E-state index contributed by atoms with van der Waals surface area (Å²) in [7, 11) is 0. The van der Waals surface area contributed by atoms with Crippen LogP contribution in [0.3, 0.4) is 0 Å². The number of carbonyl (C=O) groups is 1. The molecule has 0 radical (unpaired) electrons. The molecule has 2 heterocycles. The van der Waals surface area contributed by atoms with Crippen molar-refractivity contribution in [1.82, 2.24) is 9.97 Å². The molecular weight excluding hydrogens is 256 g/mol. The molecule has 104 valence electrons. The second-order valence-corrected chi connectivity index (χ2v) is 4.82. The van der Waals surface area contributed by atoms with Crippen LogP contribution in [-0.4, -0.2) is 22.0 Å². The van der Waals surface area contributed by atoms with Crippen LogP contribution < -0.4 is 15.8 Å². The number of aryl methyl sites for hydroxylation is 1. The smallest absolute Gasteiger partial charge is 0.265 e. The van der Waals surface area contributed by atoms with Gasteiger partial charge in [0, 0.05) is 11.3 Å². The zero-order valence-electron chi connectivity index (χ0n) is 11.4. The molecule has 6 heteroatoms. The summed E-state index contributed by atoms with van der Waals surface area (Å²) in [5.74, 6) is 1.27. The van der Waals surface area contributed by atoms with Crippen molar-refractivity contribution in [2.45, 2.75) is 26.5 Å². The van der Waals surface area contributed by atoms with Crippen LogP contribution >= 0.6 is 0 Å². The Morgan fingerprint density at radius 2 is 2.25 bits per heavy atom. The number of hydrogen-bond donors (Lipinski definition) is 3. The lowest BCUT2D eigenvalue weighted by atomic mass is 10.1. The number of aromatic nitrogens is 2. The van der Waals surface area contributed by atoms with Gasteiger partial charge in [-0.1, -0.05) is 0 Å². The van der Waals surface area contributed by atoms with Gasteiger partial charge in [0.25, 0.3) is 5.91 Å². The van der Waals surface area contributed by atoms with Crippen LogP contribution in [0.15, 0.2) is 18.2 Å². The fourth-order valence-electron chi connectivity index (χ4n) is 2.26. The third-order valence-corrected chi connectivity index (χ3v) is 3.31. The van der Waals surface area contributed by atoms with Gasteiger partial charge >= 0.3 is 0 Å². The van der Waals surface area contributed by atoms with Crippen molar-refractivity contribution in [1.29, 1.82) is 0 Å². The second kappa shape index (κ2) is 4.64. The zero-order valence-corrected chi connectivity index (χ0v) is 11.4. The van der Waals surface area contributed by atoms with E-state index in [1.54, 1.807) is 6.92 Å². The largest absolute Gasteiger partial charge is 0.479 e. The van der Waals surface area contributed by atoms with E-state index in [2.05, 4.69) is 15.3 Å². The Balaban J connectivity index is 2.02. The minimum absolute atomic E-state index is 0.143. The van der Waals surface area contributed by atoms with Crippen LogP contribution in [0, 0.1) is 6.92 Å². The fourth-order valence-corrected chi connectivity index (χ4v) is 2.26. The van der Waals surface area contributed by atoms with Gasteiger partial charge in [-0.05, 0) is 32.0 Å². The molecule has 1 aliphatic heterocycles. The number of anilines is 1. The van der Waals surface area contributed by atoms with Gasteiger partial charge in [0.15, 0.2) is 6.10 Å². The van der Waals surface area contributed by atoms with Crippen molar-refractivity contribution < 1.29 is 9.53 Å². The number of amides is 1. The summed E-state index contributed by atoms with van der Waals surface area (Å²) in [6, 6.07) is 5.63. The van der Waals surface area contributed by atoms with Gasteiger partial charge in [0.2, 0.25) is 0 Å². The normalized spacial score (nSPS) is 17.4. The molecule has 0 fully saturated rings. The van der Waals surface area contributed by atoms with Crippen LogP contribution in [0.4, 0.5) is 5.69 Å². The van der Waals surface area contributed by atoms with Gasteiger partial charge < -0.3 is 20.8 Å². The molecule has 3 rings (SSSR count). The molecule has 1 amide bonds. The van der Waals surface area contributed by atoms with Crippen molar-refractivity contribution in [3.05, 3.63) is 29.7 Å². The first-order valence-corrected chi connectivity index (χ1v) is 6.46. The van der Waals surface area contributed by atoms with Crippen LogP contribution in [0.2, 0.25) is 0 Å². The number of aromatic amines is 1. The standard InChI is InChI=1S/C14H16N4O2/c1-7-13(18-12(6-15)16-7)9-3-4-11-10(5-9)17-14(19)8(2)20-11/h3-5,8H,6,15H2,1-2H3,(H,16,18)(H,17,19). The molecule has 1 unspecified atom stereocenters. The Kier molecular flexibility index (Phi) is 2.94. The van der Waals surface area contributed by atoms with Gasteiger partial charge in [-0.3, -0.25) is 4.79 Å². The van der Waals surface area contributed by atoms with Crippen LogP contribution in [0.5, 0.6) is 5.75 Å². The van der Waals surface area contributed by atoms with E-state index in [-0.39, 0.29) is 5.91 Å². The Labute approximate surface area is 116 Å². The quantitative estimate of drug-likeness (QED) is 0.773. The number of fused-ring (bicyclic) bond motifs is 1. The van der Waals surface area contributed by atoms with Crippen molar-refractivity contribution >= 4 is 11.6 Å². The lowest BCUT2D eigenvalue weighted by molar-refractivity contribution is -0.122. The molecular formula is C14H16N4O2. The van der Waals surface area contributed by atoms with E-state index in [4.69, 9.17) is 10.5 Å². The topological polar surface area (TPSA) is 93.0 Å². The number of nitrogens with two attached hydrogens (primary N) is 1. The Morgan fingerprint density at radius 1 is 1.45 bits per heavy atom. The number of ether oxygens (including phenoxy) is 1. The molecule has 2 aromatic rings. The molecule has 0 saturated heterocycles. The zero-order chi connectivity index (χ0) is 14.3. The van der Waals surface area contributed by atoms with Crippen LogP contribution in [0.25, 0.3) is 11.3 Å². The molecule has 1 atom stereocenters. The maximum atomic E-state index is 11.6. The molecule has 20 heavy (non-hydrogen) atoms. The van der Waals surface area contributed by atoms with E-state index >= 15 is 0 Å². The van der Waals surface area contributed by atoms with Crippen molar-refractivity contribution in [3.8, 4) is 17.0 Å². The summed E-state index contributed by atoms with van der Waals surface area (Å²) in [4.78, 5) is 19.2. The Hall–Kier alpha value is -2.34. The van der Waals surface area contributed by atoms with E-state index in [0.717, 1.165) is 22.8 Å². The molecule has 0 bridgehead atoms. The SMILES string of the molecule is Cc1[nH]c(CN)nc1-c1ccc2c(c1)NC(=O)C(C)O2. The summed E-state index contributed by atoms with van der Waals surface area (Å²) in [5, 5.41) is 2.83. The molecule has 0 aliphatic carbocycles. The molecule has 1 aromatic carbocycles. The summed E-state index contributed by atoms with van der Waals surface area (Å²) >= 11 is 0. The number of hydrogen-bond acceptors (Lipinski definition) is 4. The van der Waals surface area contributed by atoms with Gasteiger partial charge in [-0.15, -0.1) is 0 Å². The van der Waals surface area contributed by atoms with Crippen molar-refractivity contribution in [2.75, 3.05) is 5.32 Å². The first-order chi connectivity index (χ1) is 9.58. The van der Waals surface area contributed by atoms with Crippen LogP contribution in [0.1, 0.15) is 18.4 Å². The van der Waals surface area contributed by atoms with Crippen molar-refractivity contribution in [2.24, 2.45) is 5.73 Å². The predicted molar refractivity (Wildman–Crippen MR) is 75.4 cm³/mol. The Bertz CT molecular complexity index is 678. The predicted octanol–water partition coefficient (Wildman–Crippen LogP) is 1.56. The molecule has 6 nitrogen and oxygen atoms in total. The molecule has 1 aromatic heterocycles. The van der Waals surface area contributed by atoms with Crippen LogP contribution in [-0.2, 0) is 11.3 Å². The maximum Gasteiger partial charge on any atom is 0.265 e. The van der Waals surface area contributed by atoms with E-state index in [9.17, 15) is 4.79 Å². The van der Waals surface area contributed by atoms with Gasteiger partial charge in [-0.25, -0.2) is 4.98 Å². The fraction of sp³-hybridized carbons (Fsp3) is 0.286. The average molecular weight is 272 g/mol. The number of carbonyl (C=O) groups excluding carboxylic acids is 1. The molecule has 4 N–H and O–H groups in total. The minimum atomic E-state index is -0.468. The number of imidazole rings is 1. The van der Waals surface area contributed by atoms with E-state index in [1.165, 1.54) is 0 Å². The second-order valence-electron chi connectivity index (χ2n) is 4.82. The summed E-state index contributed by atoms with van der Waals surface area (Å²) < 4.78 is 5.53. The van der Waals surface area contributed by atoms with Gasteiger partial charge in [0.1, 0.15) is 11.6 Å². The number of rotatable bonds is 2. The lowest BCUT2D eigenvalue weighted by Gasteiger charge is -2.23. The highest BCUT2D eigenvalue weighted by atomic mass is 16.5. The maximum absolute atomic E-state index is 11.6. The monoisotopic (exact) mass is 272 g/mol. The first-order valence-electron chi connectivity index (χ1n) is 6.46. The first kappa shape index (κ1) is 12.7. The van der Waals surface area contributed by atoms with E-state index in [0.29, 0.717) is 18.0 Å². The van der Waals surface area contributed by atoms with Gasteiger partial charge in [-0.2, -0.15) is 0 Å². The van der Waals surface area contributed by atoms with Gasteiger partial charge in [0.05, 0.1) is 17.9 Å². The molecule has 0 spiro atoms. The highest BCUT2D eigenvalue weighted by Gasteiger charge is 2.24. The lowest BCUT2D eigenvalue weighted by Crippen LogP contribution is -2.34. The summed E-state index contributed by atoms with van der Waals surface area (Å²) in [5.41, 5.74) is 8.95. The van der Waals surface area contributed by atoms with Crippen molar-refractivity contribution in [3.63, 3.8) is 0 Å². The third kappa shape index (κ3) is 2.04. The minimum Gasteiger partial charge on any atom is -0.479 e. The number of nitrogens with zero attached hydrogens (tertiary/aromatic N) is 1. The summed E-state index contributed by atoms with van der Waals surface area (Å²) in [6.07, 6.45) is -0.468. The number of H-pyrrole nitrogens is 1. The third-order valence-electron chi connectivity index (χ3n) is 3.31.